The molecule has 0 fully saturated rings. The zero-order chi connectivity index (χ0) is 36.3. The zero-order valence-electron chi connectivity index (χ0n) is 28.5. The Morgan fingerprint density at radius 3 is 1.84 bits per heavy atom. The Kier molecular flexibility index (Phi) is 14.3. The number of hydrogen-bond donors (Lipinski definition) is 3. The van der Waals surface area contributed by atoms with Crippen LogP contribution in [0.4, 0.5) is 0 Å². The average molecular weight is 731 g/mol. The number of ether oxygens (including phenoxy) is 4. The number of H-pyrrole nitrogens is 1. The van der Waals surface area contributed by atoms with E-state index in [0.29, 0.717) is 0 Å². The molecule has 50 heavy (non-hydrogen) atoms. The summed E-state index contributed by atoms with van der Waals surface area (Å²) in [5.74, 6) is -1.14. The molecule has 3 aromatic rings. The Bertz CT molecular complexity index is 1690. The van der Waals surface area contributed by atoms with Crippen LogP contribution >= 0.6 is 19.0 Å². The molecule has 4 rings (SSSR count). The Balaban J connectivity index is 1.63. The quantitative estimate of drug-likeness (QED) is 0.0954. The largest absolute Gasteiger partial charge is 0.464 e. The Hall–Kier alpha value is -3.84. The van der Waals surface area contributed by atoms with Crippen molar-refractivity contribution >= 4 is 31.0 Å². The van der Waals surface area contributed by atoms with Crippen LogP contribution in [0.3, 0.4) is 0 Å². The van der Waals surface area contributed by atoms with Gasteiger partial charge in [0.2, 0.25) is 7.44 Å². The number of halogens is 1. The Labute approximate surface area is 295 Å². The van der Waals surface area contributed by atoms with Gasteiger partial charge in [-0.05, 0) is 48.0 Å². The molecule has 3 N–H and O–H groups in total. The highest BCUT2D eigenvalue weighted by atomic mass is 35.5. The maximum atomic E-state index is 15.0. The average Bonchev–Trinajstić information content (AvgIpc) is 3.56. The molecule has 4 atom stereocenters. The molecule has 0 bridgehead atoms. The van der Waals surface area contributed by atoms with E-state index >= 15 is 0 Å². The standard InChI is InChI=1S/C35H44ClN4O9P/c1-23(2)20-46-33(42)28(17-25-11-7-5-8-12-25)38-50(45,39-29(34(43)47-21-24(3)4)18-26-13-9-6-10-14-26)22-48-31-16-15-30(49-31)40-19-27(36)32(41)37-35(40)44/h5-16,19,23-24,28-31H,17-18,20-22H2,1-4H3,(H,37,41,44)(H2,38,39,45)/t28-,29-,30?,31+/m1/s1. The van der Waals surface area contributed by atoms with Crippen LogP contribution < -0.4 is 21.4 Å². The van der Waals surface area contributed by atoms with Crippen molar-refractivity contribution in [2.45, 2.75) is 65.1 Å². The molecule has 1 aromatic heterocycles. The van der Waals surface area contributed by atoms with Crippen molar-refractivity contribution in [1.29, 1.82) is 0 Å². The van der Waals surface area contributed by atoms with Crippen LogP contribution in [-0.4, -0.2) is 59.4 Å². The first-order valence-electron chi connectivity index (χ1n) is 16.3. The Morgan fingerprint density at radius 1 is 0.860 bits per heavy atom. The summed E-state index contributed by atoms with van der Waals surface area (Å²) < 4.78 is 39.0. The van der Waals surface area contributed by atoms with Crippen LogP contribution in [0.25, 0.3) is 0 Å². The summed E-state index contributed by atoms with van der Waals surface area (Å²) in [5, 5.41) is 5.73. The van der Waals surface area contributed by atoms with Crippen LogP contribution in [0, 0.1) is 11.8 Å². The molecule has 270 valence electrons. The van der Waals surface area contributed by atoms with E-state index in [1.165, 1.54) is 12.2 Å². The summed E-state index contributed by atoms with van der Waals surface area (Å²) >= 11 is 5.92. The molecule has 0 radical (unpaired) electrons. The Morgan fingerprint density at radius 2 is 1.36 bits per heavy atom. The van der Waals surface area contributed by atoms with E-state index in [2.05, 4.69) is 15.2 Å². The highest BCUT2D eigenvalue weighted by molar-refractivity contribution is 7.59. The van der Waals surface area contributed by atoms with E-state index in [1.807, 2.05) is 88.4 Å². The van der Waals surface area contributed by atoms with Crippen LogP contribution in [0.15, 0.2) is 88.6 Å². The van der Waals surface area contributed by atoms with E-state index in [9.17, 15) is 23.7 Å². The van der Waals surface area contributed by atoms with Gasteiger partial charge in [-0.1, -0.05) is 100.0 Å². The van der Waals surface area contributed by atoms with Gasteiger partial charge in [0, 0.05) is 6.20 Å². The summed E-state index contributed by atoms with van der Waals surface area (Å²) in [6, 6.07) is 16.1. The van der Waals surface area contributed by atoms with Gasteiger partial charge < -0.3 is 18.9 Å². The number of benzene rings is 2. The number of esters is 2. The van der Waals surface area contributed by atoms with Crippen LogP contribution in [0.5, 0.6) is 0 Å². The third kappa shape index (κ3) is 11.9. The summed E-state index contributed by atoms with van der Waals surface area (Å²) in [4.78, 5) is 53.2. The van der Waals surface area contributed by atoms with Gasteiger partial charge in [-0.25, -0.2) is 15.0 Å². The minimum Gasteiger partial charge on any atom is -0.464 e. The van der Waals surface area contributed by atoms with Gasteiger partial charge in [-0.2, -0.15) is 0 Å². The van der Waals surface area contributed by atoms with E-state index < -0.39 is 61.6 Å². The molecule has 0 spiro atoms. The molecule has 0 aliphatic carbocycles. The number of rotatable bonds is 18. The SMILES string of the molecule is CC(C)COC(=O)[C@@H](Cc1ccccc1)NP(=O)(CO[C@@H]1C=CC(n2cc(Cl)c(=O)[nH]c2=O)O1)N[C@H](Cc1ccccc1)C(=O)OCC(C)C. The zero-order valence-corrected chi connectivity index (χ0v) is 30.1. The first-order valence-corrected chi connectivity index (χ1v) is 18.6. The molecule has 13 nitrogen and oxygen atoms in total. The smallest absolute Gasteiger partial charge is 0.330 e. The van der Waals surface area contributed by atoms with Crippen molar-refractivity contribution in [1.82, 2.24) is 19.7 Å². The number of nitrogens with zero attached hydrogens (tertiary/aromatic N) is 1. The maximum Gasteiger partial charge on any atom is 0.330 e. The van der Waals surface area contributed by atoms with Crippen molar-refractivity contribution in [3.8, 4) is 0 Å². The van der Waals surface area contributed by atoms with Gasteiger partial charge in [-0.3, -0.25) is 28.5 Å². The van der Waals surface area contributed by atoms with Gasteiger partial charge in [0.1, 0.15) is 23.5 Å². The highest BCUT2D eigenvalue weighted by Crippen LogP contribution is 2.40. The lowest BCUT2D eigenvalue weighted by molar-refractivity contribution is -0.147. The highest BCUT2D eigenvalue weighted by Gasteiger charge is 2.37. The fourth-order valence-corrected chi connectivity index (χ4v) is 7.01. The minimum atomic E-state index is -4.05. The van der Waals surface area contributed by atoms with E-state index in [0.717, 1.165) is 21.9 Å². The molecule has 1 aliphatic heterocycles. The molecule has 0 saturated carbocycles. The molecule has 0 amide bonds. The van der Waals surface area contributed by atoms with Gasteiger partial charge in [0.05, 0.1) is 13.2 Å². The molecule has 15 heteroatoms. The summed E-state index contributed by atoms with van der Waals surface area (Å²) in [7, 11) is -4.05. The molecular weight excluding hydrogens is 687 g/mol. The third-order valence-corrected chi connectivity index (χ3v) is 9.55. The van der Waals surface area contributed by atoms with Crippen molar-refractivity contribution in [2.75, 3.05) is 19.6 Å². The van der Waals surface area contributed by atoms with E-state index in [4.69, 9.17) is 30.5 Å². The number of nitrogens with one attached hydrogen (secondary N) is 3. The fourth-order valence-electron chi connectivity index (χ4n) is 4.87. The second-order valence-electron chi connectivity index (χ2n) is 12.7. The molecule has 0 saturated heterocycles. The topological polar surface area (TPSA) is 167 Å². The van der Waals surface area contributed by atoms with Gasteiger partial charge >= 0.3 is 17.6 Å². The molecule has 1 unspecified atom stereocenters. The normalized spacial score (nSPS) is 17.2. The second kappa shape index (κ2) is 18.4. The monoisotopic (exact) mass is 730 g/mol. The number of carbonyl (C=O) groups is 2. The second-order valence-corrected chi connectivity index (χ2v) is 15.4. The van der Waals surface area contributed by atoms with Crippen LogP contribution in [0.1, 0.15) is 45.0 Å². The number of aromatic nitrogens is 2. The number of aromatic amines is 1. The van der Waals surface area contributed by atoms with Crippen LogP contribution in [0.2, 0.25) is 5.02 Å². The van der Waals surface area contributed by atoms with Crippen molar-refractivity contribution in [2.24, 2.45) is 11.8 Å². The molecular formula is C35H44ClN4O9P. The summed E-state index contributed by atoms with van der Waals surface area (Å²) in [5.41, 5.74) is 0.0721. The molecule has 2 aromatic carbocycles. The third-order valence-electron chi connectivity index (χ3n) is 7.31. The summed E-state index contributed by atoms with van der Waals surface area (Å²) in [6.07, 6.45) is 1.76. The van der Waals surface area contributed by atoms with Crippen LogP contribution in [-0.2, 0) is 45.9 Å². The predicted octanol–water partition coefficient (Wildman–Crippen LogP) is 4.57. The molecule has 1 aliphatic rings. The lowest BCUT2D eigenvalue weighted by Crippen LogP contribution is -2.47. The maximum absolute atomic E-state index is 15.0. The minimum absolute atomic E-state index is 0.0552. The van der Waals surface area contributed by atoms with Gasteiger partial charge in [-0.15, -0.1) is 0 Å². The predicted molar refractivity (Wildman–Crippen MR) is 189 cm³/mol. The number of carbonyl (C=O) groups excluding carboxylic acids is 2. The lowest BCUT2D eigenvalue weighted by atomic mass is 10.1. The lowest BCUT2D eigenvalue weighted by Gasteiger charge is -2.30. The van der Waals surface area contributed by atoms with Crippen molar-refractivity contribution in [3.05, 3.63) is 116 Å². The first-order chi connectivity index (χ1) is 23.8. The number of hydrogen-bond acceptors (Lipinski definition) is 9. The van der Waals surface area contributed by atoms with E-state index in [1.54, 1.807) is 0 Å². The van der Waals surface area contributed by atoms with Crippen molar-refractivity contribution < 1.29 is 33.1 Å². The first kappa shape index (κ1) is 39.0. The van der Waals surface area contributed by atoms with E-state index in [-0.39, 0.29) is 42.9 Å². The van der Waals surface area contributed by atoms with Gasteiger partial charge in [0.15, 0.2) is 12.5 Å². The summed E-state index contributed by atoms with van der Waals surface area (Å²) in [6.45, 7) is 7.91. The fraction of sp³-hybridized carbons (Fsp3) is 0.429. The van der Waals surface area contributed by atoms with Gasteiger partial charge in [0.25, 0.3) is 5.56 Å². The van der Waals surface area contributed by atoms with Crippen molar-refractivity contribution in [3.63, 3.8) is 0 Å². The molecule has 2 heterocycles.